The highest BCUT2D eigenvalue weighted by molar-refractivity contribution is 9.10. The lowest BCUT2D eigenvalue weighted by molar-refractivity contribution is 0.139. The van der Waals surface area contributed by atoms with Gasteiger partial charge in [0.2, 0.25) is 0 Å². The third-order valence-corrected chi connectivity index (χ3v) is 3.51. The number of aromatic nitrogens is 1. The molecule has 1 aromatic heterocycles. The van der Waals surface area contributed by atoms with Gasteiger partial charge in [-0.3, -0.25) is 4.98 Å². The van der Waals surface area contributed by atoms with Crippen molar-refractivity contribution in [1.29, 1.82) is 0 Å². The zero-order valence-electron chi connectivity index (χ0n) is 11.5. The number of hydrogen-bond donors (Lipinski definition) is 3. The number of rotatable bonds is 4. The van der Waals surface area contributed by atoms with Gasteiger partial charge >= 0.3 is 6.03 Å². The molecule has 0 unspecified atom stereocenters. The molecule has 1 aromatic carbocycles. The van der Waals surface area contributed by atoms with Crippen molar-refractivity contribution in [1.82, 2.24) is 10.3 Å². The van der Waals surface area contributed by atoms with E-state index in [1.165, 1.54) is 0 Å². The Hall–Kier alpha value is -1.92. The quantitative estimate of drug-likeness (QED) is 0.793. The largest absolute Gasteiger partial charge is 0.386 e. The zero-order valence-corrected chi connectivity index (χ0v) is 13.0. The smallest absolute Gasteiger partial charge is 0.319 e. The SMILES string of the molecule is C[C@H](NC(=O)Nc1ccncc1)[C@@H](O)c1ccc(Br)cc1. The lowest BCUT2D eigenvalue weighted by Gasteiger charge is -2.21. The summed E-state index contributed by atoms with van der Waals surface area (Å²) in [5.41, 5.74) is 1.39. The number of halogens is 1. The first-order valence-electron chi connectivity index (χ1n) is 6.47. The third-order valence-electron chi connectivity index (χ3n) is 2.98. The topological polar surface area (TPSA) is 74.2 Å². The Balaban J connectivity index is 1.92. The second-order valence-corrected chi connectivity index (χ2v) is 5.54. The van der Waals surface area contributed by atoms with E-state index in [0.717, 1.165) is 10.0 Å². The minimum atomic E-state index is -0.777. The number of pyridine rings is 1. The molecule has 1 heterocycles. The average molecular weight is 350 g/mol. The second kappa shape index (κ2) is 7.19. The van der Waals surface area contributed by atoms with E-state index < -0.39 is 12.1 Å². The first kappa shape index (κ1) is 15.5. The van der Waals surface area contributed by atoms with Gasteiger partial charge in [-0.1, -0.05) is 28.1 Å². The number of aliphatic hydroxyl groups is 1. The number of benzene rings is 1. The van der Waals surface area contributed by atoms with E-state index in [4.69, 9.17) is 0 Å². The minimum absolute atomic E-state index is 0.370. The van der Waals surface area contributed by atoms with Gasteiger partial charge in [0.25, 0.3) is 0 Å². The Morgan fingerprint density at radius 3 is 2.43 bits per heavy atom. The van der Waals surface area contributed by atoms with Crippen molar-refractivity contribution in [3.8, 4) is 0 Å². The Bertz CT molecular complexity index is 590. The van der Waals surface area contributed by atoms with E-state index in [-0.39, 0.29) is 6.03 Å². The standard InChI is InChI=1S/C15H16BrN3O2/c1-10(14(20)11-2-4-12(16)5-3-11)18-15(21)19-13-6-8-17-9-7-13/h2-10,14,20H,1H3,(H2,17,18,19,21)/t10-,14+/m0/s1. The summed E-state index contributed by atoms with van der Waals surface area (Å²) in [6.07, 6.45) is 2.41. The van der Waals surface area contributed by atoms with Crippen LogP contribution >= 0.6 is 15.9 Å². The number of urea groups is 1. The molecule has 0 radical (unpaired) electrons. The normalized spacial score (nSPS) is 13.3. The highest BCUT2D eigenvalue weighted by Crippen LogP contribution is 2.19. The van der Waals surface area contributed by atoms with Crippen molar-refractivity contribution in [2.45, 2.75) is 19.1 Å². The van der Waals surface area contributed by atoms with Gasteiger partial charge in [-0.15, -0.1) is 0 Å². The predicted molar refractivity (Wildman–Crippen MR) is 85.0 cm³/mol. The van der Waals surface area contributed by atoms with Crippen molar-refractivity contribution in [3.05, 3.63) is 58.8 Å². The van der Waals surface area contributed by atoms with Crippen LogP contribution in [0.5, 0.6) is 0 Å². The van der Waals surface area contributed by atoms with Gasteiger partial charge in [0.15, 0.2) is 0 Å². The Morgan fingerprint density at radius 1 is 1.19 bits per heavy atom. The van der Waals surface area contributed by atoms with Crippen molar-refractivity contribution < 1.29 is 9.90 Å². The molecule has 2 rings (SSSR count). The van der Waals surface area contributed by atoms with Gasteiger partial charge in [0, 0.05) is 22.6 Å². The van der Waals surface area contributed by atoms with Crippen molar-refractivity contribution in [3.63, 3.8) is 0 Å². The zero-order chi connectivity index (χ0) is 15.2. The summed E-state index contributed by atoms with van der Waals surface area (Å²) >= 11 is 3.34. The third kappa shape index (κ3) is 4.54. The maximum Gasteiger partial charge on any atom is 0.319 e. The Labute approximate surface area is 131 Å². The summed E-state index contributed by atoms with van der Waals surface area (Å²) in [7, 11) is 0. The number of hydrogen-bond acceptors (Lipinski definition) is 3. The van der Waals surface area contributed by atoms with E-state index in [1.807, 2.05) is 24.3 Å². The molecule has 0 bridgehead atoms. The molecule has 0 saturated carbocycles. The van der Waals surface area contributed by atoms with Crippen LogP contribution in [0.15, 0.2) is 53.3 Å². The van der Waals surface area contributed by atoms with Gasteiger partial charge in [0.05, 0.1) is 12.1 Å². The molecule has 0 fully saturated rings. The summed E-state index contributed by atoms with van der Waals surface area (Å²) in [6.45, 7) is 1.75. The molecule has 0 aliphatic heterocycles. The first-order valence-corrected chi connectivity index (χ1v) is 7.26. The van der Waals surface area contributed by atoms with Gasteiger partial charge in [-0.05, 0) is 36.8 Å². The molecule has 0 aliphatic carbocycles. The molecular weight excluding hydrogens is 334 g/mol. The number of aliphatic hydroxyl groups excluding tert-OH is 1. The van der Waals surface area contributed by atoms with Crippen molar-refractivity contribution in [2.24, 2.45) is 0 Å². The lowest BCUT2D eigenvalue weighted by atomic mass is 10.0. The van der Waals surface area contributed by atoms with Crippen molar-refractivity contribution >= 4 is 27.6 Å². The molecule has 6 heteroatoms. The number of amides is 2. The number of nitrogens with zero attached hydrogens (tertiary/aromatic N) is 1. The second-order valence-electron chi connectivity index (χ2n) is 4.62. The molecule has 3 N–H and O–H groups in total. The van der Waals surface area contributed by atoms with Crippen LogP contribution in [0.25, 0.3) is 0 Å². The fourth-order valence-electron chi connectivity index (χ4n) is 1.84. The molecule has 5 nitrogen and oxygen atoms in total. The molecule has 2 aromatic rings. The van der Waals surface area contributed by atoms with Crippen molar-refractivity contribution in [2.75, 3.05) is 5.32 Å². The van der Waals surface area contributed by atoms with Crippen LogP contribution in [0.4, 0.5) is 10.5 Å². The average Bonchev–Trinajstić information content (AvgIpc) is 2.48. The Kier molecular flexibility index (Phi) is 5.30. The lowest BCUT2D eigenvalue weighted by Crippen LogP contribution is -2.39. The fourth-order valence-corrected chi connectivity index (χ4v) is 2.10. The van der Waals surface area contributed by atoms with E-state index >= 15 is 0 Å². The molecule has 0 saturated heterocycles. The number of carbonyl (C=O) groups excluding carboxylic acids is 1. The van der Waals surface area contributed by atoms with Crippen LogP contribution in [-0.4, -0.2) is 22.2 Å². The Morgan fingerprint density at radius 2 is 1.81 bits per heavy atom. The molecule has 110 valence electrons. The van der Waals surface area contributed by atoms with Gasteiger partial charge in [0.1, 0.15) is 0 Å². The molecule has 2 amide bonds. The minimum Gasteiger partial charge on any atom is -0.386 e. The van der Waals surface area contributed by atoms with E-state index in [1.54, 1.807) is 31.5 Å². The fraction of sp³-hybridized carbons (Fsp3) is 0.200. The molecule has 0 aliphatic rings. The number of anilines is 1. The predicted octanol–water partition coefficient (Wildman–Crippen LogP) is 3.09. The molecule has 0 spiro atoms. The van der Waals surface area contributed by atoms with Crippen LogP contribution in [0.3, 0.4) is 0 Å². The van der Waals surface area contributed by atoms with Gasteiger partial charge in [-0.2, -0.15) is 0 Å². The molecular formula is C15H16BrN3O2. The van der Waals surface area contributed by atoms with E-state index in [2.05, 4.69) is 31.5 Å². The van der Waals surface area contributed by atoms with Gasteiger partial charge in [-0.25, -0.2) is 4.79 Å². The summed E-state index contributed by atoms with van der Waals surface area (Å²) in [5, 5.41) is 15.6. The van der Waals surface area contributed by atoms with Crippen LogP contribution < -0.4 is 10.6 Å². The summed E-state index contributed by atoms with van der Waals surface area (Å²) < 4.78 is 0.939. The number of nitrogens with one attached hydrogen (secondary N) is 2. The summed E-state index contributed by atoms with van der Waals surface area (Å²) in [6, 6.07) is 9.91. The highest BCUT2D eigenvalue weighted by atomic mass is 79.9. The molecule has 21 heavy (non-hydrogen) atoms. The maximum absolute atomic E-state index is 11.9. The summed E-state index contributed by atoms with van der Waals surface area (Å²) in [5.74, 6) is 0. The highest BCUT2D eigenvalue weighted by Gasteiger charge is 2.18. The monoisotopic (exact) mass is 349 g/mol. The summed E-state index contributed by atoms with van der Waals surface area (Å²) in [4.78, 5) is 15.7. The molecule has 2 atom stereocenters. The van der Waals surface area contributed by atoms with Crippen LogP contribution in [0, 0.1) is 0 Å². The van der Waals surface area contributed by atoms with Crippen LogP contribution in [0.1, 0.15) is 18.6 Å². The number of carbonyl (C=O) groups is 1. The van der Waals surface area contributed by atoms with E-state index in [9.17, 15) is 9.90 Å². The maximum atomic E-state index is 11.9. The van der Waals surface area contributed by atoms with Crippen LogP contribution in [-0.2, 0) is 0 Å². The van der Waals surface area contributed by atoms with Gasteiger partial charge < -0.3 is 15.7 Å². The van der Waals surface area contributed by atoms with E-state index in [0.29, 0.717) is 5.69 Å². The van der Waals surface area contributed by atoms with Crippen LogP contribution in [0.2, 0.25) is 0 Å². The first-order chi connectivity index (χ1) is 10.1.